The second-order valence-corrected chi connectivity index (χ2v) is 5.18. The zero-order valence-electron chi connectivity index (χ0n) is 12.1. The summed E-state index contributed by atoms with van der Waals surface area (Å²) < 4.78 is 5.43. The molecule has 6 heteroatoms. The fourth-order valence-electron chi connectivity index (χ4n) is 2.13. The van der Waals surface area contributed by atoms with Gasteiger partial charge in [-0.05, 0) is 50.5 Å². The normalized spacial score (nSPS) is 14.0. The number of hydrogen-bond acceptors (Lipinski definition) is 4. The van der Waals surface area contributed by atoms with Crippen molar-refractivity contribution in [2.75, 3.05) is 11.9 Å². The third-order valence-electron chi connectivity index (χ3n) is 3.43. The van der Waals surface area contributed by atoms with E-state index in [0.29, 0.717) is 12.5 Å². The molecule has 0 bridgehead atoms. The van der Waals surface area contributed by atoms with E-state index >= 15 is 0 Å². The first-order valence-corrected chi connectivity index (χ1v) is 7.14. The molecule has 21 heavy (non-hydrogen) atoms. The summed E-state index contributed by atoms with van der Waals surface area (Å²) in [5.41, 5.74) is 1.67. The summed E-state index contributed by atoms with van der Waals surface area (Å²) in [7, 11) is 0. The van der Waals surface area contributed by atoms with Gasteiger partial charge < -0.3 is 10.1 Å². The molecule has 0 saturated heterocycles. The third-order valence-corrected chi connectivity index (χ3v) is 3.43. The molecule has 0 unspecified atom stereocenters. The molecule has 6 nitrogen and oxygen atoms in total. The number of amides is 1. The van der Waals surface area contributed by atoms with Crippen molar-refractivity contribution in [1.82, 2.24) is 15.2 Å². The van der Waals surface area contributed by atoms with E-state index in [9.17, 15) is 4.79 Å². The third kappa shape index (κ3) is 3.04. The number of nitrogens with zero attached hydrogens (tertiary/aromatic N) is 2. The first-order valence-electron chi connectivity index (χ1n) is 7.14. The number of aryl methyl sites for hydroxylation is 1. The molecule has 0 spiro atoms. The molecule has 1 aromatic heterocycles. The van der Waals surface area contributed by atoms with E-state index < -0.39 is 0 Å². The first kappa shape index (κ1) is 13.6. The van der Waals surface area contributed by atoms with E-state index in [1.54, 1.807) is 0 Å². The molecule has 2 N–H and O–H groups in total. The zero-order valence-corrected chi connectivity index (χ0v) is 12.1. The van der Waals surface area contributed by atoms with E-state index in [1.807, 2.05) is 32.0 Å². The molecule has 1 saturated carbocycles. The SMILES string of the molecule is CCOc1ccc(NC(=O)c2n[nH]c(C3CC3)n2)c(C)c1. The quantitative estimate of drug-likeness (QED) is 0.885. The Morgan fingerprint density at radius 1 is 1.48 bits per heavy atom. The summed E-state index contributed by atoms with van der Waals surface area (Å²) >= 11 is 0. The maximum Gasteiger partial charge on any atom is 0.295 e. The van der Waals surface area contributed by atoms with Gasteiger partial charge in [-0.1, -0.05) is 0 Å². The maximum atomic E-state index is 12.1. The van der Waals surface area contributed by atoms with Crippen LogP contribution in [0.25, 0.3) is 0 Å². The molecule has 0 aliphatic heterocycles. The van der Waals surface area contributed by atoms with Crippen LogP contribution in [0.2, 0.25) is 0 Å². The minimum atomic E-state index is -0.301. The van der Waals surface area contributed by atoms with Crippen LogP contribution >= 0.6 is 0 Å². The lowest BCUT2D eigenvalue weighted by molar-refractivity contribution is 0.101. The van der Waals surface area contributed by atoms with Crippen LogP contribution in [0.3, 0.4) is 0 Å². The number of ether oxygens (including phenoxy) is 1. The Morgan fingerprint density at radius 2 is 2.29 bits per heavy atom. The van der Waals surface area contributed by atoms with Gasteiger partial charge in [-0.25, -0.2) is 4.98 Å². The standard InChI is InChI=1S/C15H18N4O2/c1-3-21-11-6-7-12(9(2)8-11)16-15(20)14-17-13(18-19-14)10-4-5-10/h6-8,10H,3-5H2,1-2H3,(H,16,20)(H,17,18,19). The number of H-pyrrole nitrogens is 1. The van der Waals surface area contributed by atoms with Crippen molar-refractivity contribution in [3.05, 3.63) is 35.4 Å². The molecule has 0 atom stereocenters. The number of carbonyl (C=O) groups is 1. The highest BCUT2D eigenvalue weighted by molar-refractivity contribution is 6.01. The van der Waals surface area contributed by atoms with E-state index in [4.69, 9.17) is 4.74 Å². The Morgan fingerprint density at radius 3 is 2.95 bits per heavy atom. The van der Waals surface area contributed by atoms with Gasteiger partial charge in [0.05, 0.1) is 6.61 Å². The van der Waals surface area contributed by atoms with E-state index in [0.717, 1.165) is 35.7 Å². The highest BCUT2D eigenvalue weighted by Gasteiger charge is 2.28. The topological polar surface area (TPSA) is 79.9 Å². The molecule has 3 rings (SSSR count). The van der Waals surface area contributed by atoms with E-state index in [1.165, 1.54) is 0 Å². The number of hydrogen-bond donors (Lipinski definition) is 2. The van der Waals surface area contributed by atoms with Crippen molar-refractivity contribution in [1.29, 1.82) is 0 Å². The fourth-order valence-corrected chi connectivity index (χ4v) is 2.13. The van der Waals surface area contributed by atoms with E-state index in [-0.39, 0.29) is 11.7 Å². The lowest BCUT2D eigenvalue weighted by Gasteiger charge is -2.09. The van der Waals surface area contributed by atoms with Gasteiger partial charge in [0.25, 0.3) is 5.91 Å². The molecule has 1 aliphatic rings. The summed E-state index contributed by atoms with van der Waals surface area (Å²) in [5, 5.41) is 9.64. The Bertz CT molecular complexity index is 661. The van der Waals surface area contributed by atoms with Crippen LogP contribution in [0, 0.1) is 6.92 Å². The molecule has 110 valence electrons. The van der Waals surface area contributed by atoms with Crippen LogP contribution in [-0.4, -0.2) is 27.7 Å². The number of carbonyl (C=O) groups excluding carboxylic acids is 1. The lowest BCUT2D eigenvalue weighted by Crippen LogP contribution is -2.14. The molecule has 1 fully saturated rings. The van der Waals surface area contributed by atoms with Gasteiger partial charge in [0, 0.05) is 11.6 Å². The molecular weight excluding hydrogens is 268 g/mol. The number of nitrogens with one attached hydrogen (secondary N) is 2. The fraction of sp³-hybridized carbons (Fsp3) is 0.400. The minimum Gasteiger partial charge on any atom is -0.494 e. The zero-order chi connectivity index (χ0) is 14.8. The molecule has 1 aromatic carbocycles. The number of rotatable bonds is 5. The van der Waals surface area contributed by atoms with Crippen LogP contribution in [-0.2, 0) is 0 Å². The molecule has 0 radical (unpaired) electrons. The number of anilines is 1. The van der Waals surface area contributed by atoms with Gasteiger partial charge in [-0.3, -0.25) is 9.89 Å². The average molecular weight is 286 g/mol. The maximum absolute atomic E-state index is 12.1. The molecule has 2 aromatic rings. The monoisotopic (exact) mass is 286 g/mol. The van der Waals surface area contributed by atoms with Crippen molar-refractivity contribution in [2.24, 2.45) is 0 Å². The number of benzene rings is 1. The predicted molar refractivity (Wildman–Crippen MR) is 78.7 cm³/mol. The average Bonchev–Trinajstić information content (AvgIpc) is 3.19. The smallest absolute Gasteiger partial charge is 0.295 e. The van der Waals surface area contributed by atoms with Crippen molar-refractivity contribution in [2.45, 2.75) is 32.6 Å². The minimum absolute atomic E-state index is 0.185. The predicted octanol–water partition coefficient (Wildman–Crippen LogP) is 2.64. The van der Waals surface area contributed by atoms with Crippen LogP contribution in [0.4, 0.5) is 5.69 Å². The molecule has 1 aliphatic carbocycles. The second kappa shape index (κ2) is 5.55. The van der Waals surface area contributed by atoms with Crippen LogP contribution < -0.4 is 10.1 Å². The van der Waals surface area contributed by atoms with Gasteiger partial charge in [-0.2, -0.15) is 0 Å². The van der Waals surface area contributed by atoms with E-state index in [2.05, 4.69) is 20.5 Å². The Hall–Kier alpha value is -2.37. The molecule has 1 amide bonds. The Labute approximate surface area is 122 Å². The summed E-state index contributed by atoms with van der Waals surface area (Å²) in [5.74, 6) is 1.94. The summed E-state index contributed by atoms with van der Waals surface area (Å²) in [6.45, 7) is 4.48. The van der Waals surface area contributed by atoms with Crippen molar-refractivity contribution < 1.29 is 9.53 Å². The van der Waals surface area contributed by atoms with Crippen LogP contribution in [0.5, 0.6) is 5.75 Å². The van der Waals surface area contributed by atoms with Gasteiger partial charge in [0.1, 0.15) is 11.6 Å². The summed E-state index contributed by atoms with van der Waals surface area (Å²) in [4.78, 5) is 16.4. The van der Waals surface area contributed by atoms with Crippen molar-refractivity contribution in [3.63, 3.8) is 0 Å². The first-order chi connectivity index (χ1) is 10.2. The number of aromatic amines is 1. The largest absolute Gasteiger partial charge is 0.494 e. The van der Waals surface area contributed by atoms with Gasteiger partial charge in [0.15, 0.2) is 0 Å². The van der Waals surface area contributed by atoms with Crippen molar-refractivity contribution in [3.8, 4) is 5.75 Å². The van der Waals surface area contributed by atoms with Gasteiger partial charge in [0.2, 0.25) is 5.82 Å². The molecular formula is C15H18N4O2. The van der Waals surface area contributed by atoms with Gasteiger partial charge >= 0.3 is 0 Å². The van der Waals surface area contributed by atoms with Crippen LogP contribution in [0.15, 0.2) is 18.2 Å². The number of aromatic nitrogens is 3. The highest BCUT2D eigenvalue weighted by atomic mass is 16.5. The van der Waals surface area contributed by atoms with Crippen molar-refractivity contribution >= 4 is 11.6 Å². The molecule has 1 heterocycles. The Balaban J connectivity index is 1.71. The highest BCUT2D eigenvalue weighted by Crippen LogP contribution is 2.37. The summed E-state index contributed by atoms with van der Waals surface area (Å²) in [6, 6.07) is 5.55. The lowest BCUT2D eigenvalue weighted by atomic mass is 10.2. The summed E-state index contributed by atoms with van der Waals surface area (Å²) in [6.07, 6.45) is 2.24. The van der Waals surface area contributed by atoms with Crippen LogP contribution in [0.1, 0.15) is 47.7 Å². The Kier molecular flexibility index (Phi) is 3.60. The van der Waals surface area contributed by atoms with Gasteiger partial charge in [-0.15, -0.1) is 5.10 Å². The second-order valence-electron chi connectivity index (χ2n) is 5.18.